The largest absolute Gasteiger partial charge is 0.495 e. The van der Waals surface area contributed by atoms with E-state index in [4.69, 9.17) is 9.47 Å². The molecule has 1 aromatic heterocycles. The Morgan fingerprint density at radius 2 is 1.14 bits per heavy atom. The van der Waals surface area contributed by atoms with Gasteiger partial charge in [-0.05, 0) is 123 Å². The first-order valence-electron chi connectivity index (χ1n) is 19.1. The summed E-state index contributed by atoms with van der Waals surface area (Å²) in [4.78, 5) is 18.3. The Hall–Kier alpha value is -4.07. The number of thiophene rings is 1. The maximum atomic E-state index is 13.1. The van der Waals surface area contributed by atoms with E-state index in [1.165, 1.54) is 37.7 Å². The van der Waals surface area contributed by atoms with Gasteiger partial charge < -0.3 is 34.8 Å². The third-order valence-electron chi connectivity index (χ3n) is 10.0. The number of ether oxygens (including phenoxy) is 2. The first-order chi connectivity index (χ1) is 27.5. The second-order valence-corrected chi connectivity index (χ2v) is 21.0. The van der Waals surface area contributed by atoms with Crippen LogP contribution in [0.1, 0.15) is 40.5 Å². The number of halogens is 1. The van der Waals surface area contributed by atoms with Gasteiger partial charge in [-0.3, -0.25) is 14.2 Å². The number of carbonyl (C=O) groups is 1. The Morgan fingerprint density at radius 3 is 1.55 bits per heavy atom. The average Bonchev–Trinajstić information content (AvgIpc) is 3.82. The standard InChI is InChI=1S/C23H30N4O4S.C17H22BrN3O3S2/c1-16-14-26(15-17(2)24-16)19-8-11-22(31-3)21(13-19)25-32(29,30)20-9-6-18(7-10-20)27-12-4-5-23(27)28;1-11-9-21(10-12(2)19-11)13-4-5-15(24-3)14(8-13)20-26(22,23)17-7-6-16(18)25-17/h6-11,13,16-17,24-25H,4-5,12,14-15H2,1-3H3;4-8,11-12,19-20H,9-10H2,1-3H3/t16-,17+;11-,12+. The maximum Gasteiger partial charge on any atom is 0.271 e. The van der Waals surface area contributed by atoms with E-state index in [0.29, 0.717) is 65.7 Å². The lowest BCUT2D eigenvalue weighted by molar-refractivity contribution is -0.117. The summed E-state index contributed by atoms with van der Waals surface area (Å²) in [5.74, 6) is 1.01. The van der Waals surface area contributed by atoms with Gasteiger partial charge in [0, 0.05) is 80.4 Å². The zero-order chi connectivity index (χ0) is 41.8. The van der Waals surface area contributed by atoms with E-state index in [1.807, 2.05) is 24.3 Å². The fourth-order valence-corrected chi connectivity index (χ4v) is 11.7. The molecule has 14 nitrogen and oxygen atoms in total. The molecule has 3 aliphatic rings. The van der Waals surface area contributed by atoms with Crippen molar-refractivity contribution in [3.63, 3.8) is 0 Å². The van der Waals surface area contributed by atoms with Crippen molar-refractivity contribution in [2.45, 2.75) is 73.8 Å². The van der Waals surface area contributed by atoms with Crippen molar-refractivity contribution in [2.24, 2.45) is 0 Å². The number of nitrogens with zero attached hydrogens (tertiary/aromatic N) is 3. The molecule has 314 valence electrons. The third-order valence-corrected chi connectivity index (χ3v) is 14.9. The minimum Gasteiger partial charge on any atom is -0.495 e. The second-order valence-electron chi connectivity index (χ2n) is 14.9. The fourth-order valence-electron chi connectivity index (χ4n) is 7.59. The molecule has 1 amide bonds. The highest BCUT2D eigenvalue weighted by atomic mass is 79.9. The molecule has 4 aromatic rings. The van der Waals surface area contributed by atoms with Crippen molar-refractivity contribution in [3.8, 4) is 11.5 Å². The fraction of sp³-hybridized carbons (Fsp3) is 0.425. The molecule has 4 N–H and O–H groups in total. The Morgan fingerprint density at radius 1 is 0.672 bits per heavy atom. The summed E-state index contributed by atoms with van der Waals surface area (Å²) in [5.41, 5.74) is 3.45. The van der Waals surface area contributed by atoms with Gasteiger partial charge in [-0.15, -0.1) is 11.3 Å². The van der Waals surface area contributed by atoms with Crippen LogP contribution in [0.4, 0.5) is 28.4 Å². The number of amides is 1. The Bertz CT molecular complexity index is 2270. The highest BCUT2D eigenvalue weighted by Gasteiger charge is 2.26. The quantitative estimate of drug-likeness (QED) is 0.133. The lowest BCUT2D eigenvalue weighted by atomic mass is 10.1. The van der Waals surface area contributed by atoms with Gasteiger partial charge in [-0.1, -0.05) is 0 Å². The van der Waals surface area contributed by atoms with E-state index in [9.17, 15) is 21.6 Å². The molecule has 3 saturated heterocycles. The highest BCUT2D eigenvalue weighted by Crippen LogP contribution is 2.35. The summed E-state index contributed by atoms with van der Waals surface area (Å²) in [5, 5.41) is 7.00. The number of benzene rings is 3. The van der Waals surface area contributed by atoms with Crippen molar-refractivity contribution in [1.82, 2.24) is 10.6 Å². The number of hydrogen-bond donors (Lipinski definition) is 4. The van der Waals surface area contributed by atoms with Gasteiger partial charge in [0.15, 0.2) is 0 Å². The lowest BCUT2D eigenvalue weighted by Crippen LogP contribution is -2.54. The SMILES string of the molecule is COc1ccc(N2C[C@@H](C)N[C@@H](C)C2)cc1NS(=O)(=O)c1ccc(Br)s1.COc1ccc(N2C[C@@H](C)N[C@@H](C)C2)cc1NS(=O)(=O)c1ccc(N2CCCC2=O)cc1. The van der Waals surface area contributed by atoms with Crippen molar-refractivity contribution in [1.29, 1.82) is 0 Å². The summed E-state index contributed by atoms with van der Waals surface area (Å²) < 4.78 is 68.6. The Balaban J connectivity index is 0.000000200. The van der Waals surface area contributed by atoms with E-state index in [0.717, 1.165) is 47.8 Å². The van der Waals surface area contributed by atoms with E-state index < -0.39 is 20.0 Å². The van der Waals surface area contributed by atoms with Crippen molar-refractivity contribution >= 4 is 81.7 Å². The van der Waals surface area contributed by atoms with Gasteiger partial charge in [-0.25, -0.2) is 16.8 Å². The molecule has 0 unspecified atom stereocenters. The van der Waals surface area contributed by atoms with E-state index in [-0.39, 0.29) is 15.0 Å². The molecule has 0 bridgehead atoms. The highest BCUT2D eigenvalue weighted by molar-refractivity contribution is 9.11. The van der Waals surface area contributed by atoms with E-state index in [1.54, 1.807) is 41.3 Å². The van der Waals surface area contributed by atoms with Crippen LogP contribution in [0.15, 0.2) is 85.7 Å². The molecule has 4 heterocycles. The molecule has 0 spiro atoms. The molecule has 0 radical (unpaired) electrons. The monoisotopic (exact) mass is 917 g/mol. The topological polar surface area (TPSA) is 162 Å². The van der Waals surface area contributed by atoms with Crippen LogP contribution >= 0.6 is 27.3 Å². The number of hydrogen-bond acceptors (Lipinski definition) is 12. The van der Waals surface area contributed by atoms with E-state index >= 15 is 0 Å². The first kappa shape index (κ1) is 43.5. The molecule has 58 heavy (non-hydrogen) atoms. The number of rotatable bonds is 11. The van der Waals surface area contributed by atoms with Crippen molar-refractivity contribution < 1.29 is 31.1 Å². The molecule has 7 rings (SSSR count). The number of nitrogens with one attached hydrogen (secondary N) is 4. The zero-order valence-electron chi connectivity index (χ0n) is 33.5. The number of piperazine rings is 2. The third kappa shape index (κ3) is 10.6. The van der Waals surface area contributed by atoms with Crippen LogP contribution in [0.3, 0.4) is 0 Å². The average molecular weight is 919 g/mol. The molecule has 0 saturated carbocycles. The molecule has 3 fully saturated rings. The number of anilines is 5. The smallest absolute Gasteiger partial charge is 0.271 e. The second kappa shape index (κ2) is 18.5. The number of sulfonamides is 2. The summed E-state index contributed by atoms with van der Waals surface area (Å²) in [6, 6.07) is 22.3. The van der Waals surface area contributed by atoms with Crippen LogP contribution < -0.4 is 44.3 Å². The summed E-state index contributed by atoms with van der Waals surface area (Å²) >= 11 is 4.47. The van der Waals surface area contributed by atoms with Gasteiger partial charge in [0.1, 0.15) is 15.7 Å². The molecule has 0 aliphatic carbocycles. The summed E-state index contributed by atoms with van der Waals surface area (Å²) in [6.45, 7) is 12.6. The van der Waals surface area contributed by atoms with Crippen LogP contribution in [0.5, 0.6) is 11.5 Å². The number of carbonyl (C=O) groups excluding carboxylic acids is 1. The maximum absolute atomic E-state index is 13.1. The van der Waals surface area contributed by atoms with Crippen LogP contribution in [0.2, 0.25) is 0 Å². The molecule has 4 atom stereocenters. The minimum absolute atomic E-state index is 0.0665. The van der Waals surface area contributed by atoms with Crippen LogP contribution in [0, 0.1) is 0 Å². The summed E-state index contributed by atoms with van der Waals surface area (Å²) in [7, 11) is -4.45. The minimum atomic E-state index is -3.83. The van der Waals surface area contributed by atoms with Gasteiger partial charge >= 0.3 is 0 Å². The van der Waals surface area contributed by atoms with Gasteiger partial charge in [-0.2, -0.15) is 0 Å². The number of methoxy groups -OCH3 is 2. The zero-order valence-corrected chi connectivity index (χ0v) is 37.5. The first-order valence-corrected chi connectivity index (χ1v) is 23.7. The predicted octanol–water partition coefficient (Wildman–Crippen LogP) is 6.32. The summed E-state index contributed by atoms with van der Waals surface area (Å²) in [6.07, 6.45) is 1.35. The van der Waals surface area contributed by atoms with Crippen LogP contribution in [-0.2, 0) is 24.8 Å². The molecular formula is C40H52BrN7O7S3. The van der Waals surface area contributed by atoms with Gasteiger partial charge in [0.2, 0.25) is 5.91 Å². The Kier molecular flexibility index (Phi) is 13.8. The van der Waals surface area contributed by atoms with Crippen molar-refractivity contribution in [2.75, 3.05) is 71.1 Å². The molecular weight excluding hydrogens is 867 g/mol. The van der Waals surface area contributed by atoms with Crippen LogP contribution in [-0.4, -0.2) is 93.9 Å². The molecule has 3 aromatic carbocycles. The Labute approximate surface area is 354 Å². The van der Waals surface area contributed by atoms with Gasteiger partial charge in [0.25, 0.3) is 20.0 Å². The normalized spacial score (nSPS) is 21.3. The van der Waals surface area contributed by atoms with E-state index in [2.05, 4.69) is 73.5 Å². The van der Waals surface area contributed by atoms with Crippen LogP contribution in [0.25, 0.3) is 0 Å². The molecule has 3 aliphatic heterocycles. The predicted molar refractivity (Wildman–Crippen MR) is 236 cm³/mol. The molecule has 18 heteroatoms. The van der Waals surface area contributed by atoms with Gasteiger partial charge in [0.05, 0.1) is 34.3 Å². The lowest BCUT2D eigenvalue weighted by Gasteiger charge is -2.38. The van der Waals surface area contributed by atoms with Crippen molar-refractivity contribution in [3.05, 3.63) is 76.6 Å².